The minimum Gasteiger partial charge on any atom is -0.496 e. The summed E-state index contributed by atoms with van der Waals surface area (Å²) in [5, 5.41) is -3.49. The Morgan fingerprint density at radius 1 is 1.05 bits per heavy atom. The summed E-state index contributed by atoms with van der Waals surface area (Å²) in [4.78, 5) is 0.871. The van der Waals surface area contributed by atoms with Crippen LogP contribution >= 0.6 is 11.8 Å². The monoisotopic (exact) mass is 267 g/mol. The predicted molar refractivity (Wildman–Crippen MR) is 82.9 cm³/mol. The summed E-state index contributed by atoms with van der Waals surface area (Å²) < 4.78 is 10.5. The summed E-state index contributed by atoms with van der Waals surface area (Å²) in [6.45, 7) is 0. The van der Waals surface area contributed by atoms with Crippen molar-refractivity contribution < 1.29 is 9.47 Å². The molecule has 0 fully saturated rings. The normalized spacial score (nSPS) is 12.2. The molecule has 0 saturated carbocycles. The van der Waals surface area contributed by atoms with Crippen molar-refractivity contribution >= 4 is 43.1 Å². The summed E-state index contributed by atoms with van der Waals surface area (Å²) in [7, 11) is 26.2. The Kier molecular flexibility index (Phi) is 5.02. The average molecular weight is 267 g/mol. The molecule has 0 aliphatic rings. The van der Waals surface area contributed by atoms with E-state index in [-0.39, 0.29) is 0 Å². The first-order chi connectivity index (χ1) is 8.68. The van der Waals surface area contributed by atoms with Gasteiger partial charge in [0.25, 0.3) is 0 Å². The Bertz CT molecular complexity index is 463. The maximum absolute atomic E-state index is 5.97. The van der Waals surface area contributed by atoms with E-state index in [1.165, 1.54) is 18.9 Å². The second-order valence-electron chi connectivity index (χ2n) is 4.21. The van der Waals surface area contributed by atoms with E-state index in [9.17, 15) is 0 Å². The third-order valence-electron chi connectivity index (χ3n) is 2.87. The van der Waals surface area contributed by atoms with Gasteiger partial charge in [-0.2, -0.15) is 0 Å². The number of methoxy groups -OCH3 is 2. The van der Waals surface area contributed by atoms with Crippen molar-refractivity contribution in [2.75, 3.05) is 20.5 Å². The van der Waals surface area contributed by atoms with Gasteiger partial charge >= 0.3 is 0 Å². The fourth-order valence-electron chi connectivity index (χ4n) is 1.59. The van der Waals surface area contributed by atoms with E-state index in [2.05, 4.69) is 0 Å². The van der Waals surface area contributed by atoms with Crippen LogP contribution < -0.4 is 15.2 Å². The van der Waals surface area contributed by atoms with Crippen LogP contribution in [0.1, 0.15) is 5.56 Å². The number of nitrogens with two attached hydrogens (primary N) is 1. The molecule has 0 bridgehead atoms. The van der Waals surface area contributed by atoms with Crippen LogP contribution in [0.15, 0.2) is 17.0 Å². The first-order valence-corrected chi connectivity index (χ1v) is 6.66. The number of hydrogen-bond acceptors (Lipinski definition) is 4. The molecule has 0 spiro atoms. The molecule has 8 heteroatoms. The van der Waals surface area contributed by atoms with Crippen molar-refractivity contribution in [3.63, 3.8) is 0 Å². The zero-order valence-corrected chi connectivity index (χ0v) is 12.1. The van der Waals surface area contributed by atoms with E-state index in [4.69, 9.17) is 46.6 Å². The lowest BCUT2D eigenvalue weighted by Gasteiger charge is -2.42. The van der Waals surface area contributed by atoms with Gasteiger partial charge in [0.1, 0.15) is 11.5 Å². The first kappa shape index (κ1) is 16.4. The Hall–Kier alpha value is -0.610. The summed E-state index contributed by atoms with van der Waals surface area (Å²) in [5.74, 6) is 1.04. The van der Waals surface area contributed by atoms with Crippen molar-refractivity contribution in [1.82, 2.24) is 0 Å². The SMILES string of the molecule is [B]C([B])(N)C([B])([B])c1cc(OC)c(SC)cc1OC. The molecular formula is C11H13B4NO2S. The summed E-state index contributed by atoms with van der Waals surface area (Å²) in [6.07, 6.45) is 1.91. The maximum Gasteiger partial charge on any atom is 0.132 e. The predicted octanol–water partition coefficient (Wildman–Crippen LogP) is -0.135. The van der Waals surface area contributed by atoms with Crippen LogP contribution in [-0.2, 0) is 5.21 Å². The molecule has 0 amide bonds. The minimum atomic E-state index is -1.81. The highest BCUT2D eigenvalue weighted by molar-refractivity contribution is 7.98. The van der Waals surface area contributed by atoms with Gasteiger partial charge in [-0.05, 0) is 24.0 Å². The molecule has 19 heavy (non-hydrogen) atoms. The molecule has 1 rings (SSSR count). The number of rotatable bonds is 5. The number of benzene rings is 1. The van der Waals surface area contributed by atoms with Crippen LogP contribution in [0.25, 0.3) is 0 Å². The molecular weight excluding hydrogens is 253 g/mol. The van der Waals surface area contributed by atoms with Crippen LogP contribution in [-0.4, -0.2) is 57.2 Å². The summed E-state index contributed by atoms with van der Waals surface area (Å²) >= 11 is 1.50. The molecule has 2 N–H and O–H groups in total. The number of ether oxygens (including phenoxy) is 2. The molecule has 92 valence electrons. The van der Waals surface area contributed by atoms with Crippen LogP contribution in [0.3, 0.4) is 0 Å². The Morgan fingerprint density at radius 2 is 1.58 bits per heavy atom. The third-order valence-corrected chi connectivity index (χ3v) is 3.63. The third kappa shape index (κ3) is 3.11. The van der Waals surface area contributed by atoms with Crippen LogP contribution in [0, 0.1) is 0 Å². The highest BCUT2D eigenvalue weighted by atomic mass is 32.2. The van der Waals surface area contributed by atoms with Gasteiger partial charge in [0, 0.05) is 0 Å². The number of hydrogen-bond donors (Lipinski definition) is 1. The van der Waals surface area contributed by atoms with E-state index in [1.54, 1.807) is 19.2 Å². The van der Waals surface area contributed by atoms with Crippen molar-refractivity contribution in [3.05, 3.63) is 17.7 Å². The summed E-state index contributed by atoms with van der Waals surface area (Å²) in [6, 6.07) is 3.38. The van der Waals surface area contributed by atoms with E-state index < -0.39 is 10.6 Å². The topological polar surface area (TPSA) is 44.5 Å². The second kappa shape index (κ2) is 5.80. The standard InChI is InChI=1S/C11H13B4NO2S/c1-17-7-5-9(19-3)8(18-2)4-6(7)10(12,13)11(14,15)16/h4-5H,16H2,1-3H3. The molecule has 3 nitrogen and oxygen atoms in total. The minimum absolute atomic E-state index is 0.372. The van der Waals surface area contributed by atoms with Crippen molar-refractivity contribution in [2.45, 2.75) is 15.4 Å². The molecule has 0 heterocycles. The lowest BCUT2D eigenvalue weighted by atomic mass is 9.32. The molecule has 0 atom stereocenters. The van der Waals surface area contributed by atoms with Crippen molar-refractivity contribution in [3.8, 4) is 11.5 Å². The van der Waals surface area contributed by atoms with Crippen LogP contribution in [0.5, 0.6) is 11.5 Å². The fraction of sp³-hybridized carbons (Fsp3) is 0.455. The van der Waals surface area contributed by atoms with Gasteiger partial charge in [-0.3, -0.25) is 0 Å². The Balaban J connectivity index is 3.50. The van der Waals surface area contributed by atoms with Crippen molar-refractivity contribution in [1.29, 1.82) is 0 Å². The first-order valence-electron chi connectivity index (χ1n) is 5.44. The highest BCUT2D eigenvalue weighted by Gasteiger charge is 2.35. The molecule has 0 unspecified atom stereocenters. The molecule has 0 aromatic heterocycles. The maximum atomic E-state index is 5.97. The smallest absolute Gasteiger partial charge is 0.132 e. The van der Waals surface area contributed by atoms with Crippen molar-refractivity contribution in [2.24, 2.45) is 5.73 Å². The fourth-order valence-corrected chi connectivity index (χ4v) is 2.15. The van der Waals surface area contributed by atoms with E-state index >= 15 is 0 Å². The lowest BCUT2D eigenvalue weighted by Crippen LogP contribution is -2.60. The van der Waals surface area contributed by atoms with Crippen LogP contribution in [0.4, 0.5) is 0 Å². The zero-order valence-electron chi connectivity index (χ0n) is 11.3. The van der Waals surface area contributed by atoms with Gasteiger partial charge in [0.2, 0.25) is 0 Å². The van der Waals surface area contributed by atoms with E-state index in [0.717, 1.165) is 4.90 Å². The van der Waals surface area contributed by atoms with Gasteiger partial charge < -0.3 is 15.2 Å². The molecule has 0 saturated heterocycles. The Labute approximate surface area is 124 Å². The largest absolute Gasteiger partial charge is 0.496 e. The van der Waals surface area contributed by atoms with Gasteiger partial charge in [-0.15, -0.1) is 11.8 Å². The van der Waals surface area contributed by atoms with Crippen LogP contribution in [0.2, 0.25) is 0 Å². The van der Waals surface area contributed by atoms with Gasteiger partial charge in [0.15, 0.2) is 0 Å². The molecule has 1 aromatic rings. The molecule has 1 aromatic carbocycles. The zero-order chi connectivity index (χ0) is 14.8. The van der Waals surface area contributed by atoms with Gasteiger partial charge in [0.05, 0.1) is 50.5 Å². The average Bonchev–Trinajstić information content (AvgIpc) is 2.35. The van der Waals surface area contributed by atoms with Gasteiger partial charge in [-0.25, -0.2) is 0 Å². The van der Waals surface area contributed by atoms with Gasteiger partial charge in [-0.1, -0.05) is 10.6 Å². The molecule has 0 aliphatic carbocycles. The highest BCUT2D eigenvalue weighted by Crippen LogP contribution is 2.40. The Morgan fingerprint density at radius 3 is 1.95 bits per heavy atom. The lowest BCUT2D eigenvalue weighted by molar-refractivity contribution is 0.388. The van der Waals surface area contributed by atoms with E-state index in [0.29, 0.717) is 17.1 Å². The second-order valence-corrected chi connectivity index (χ2v) is 5.06. The molecule has 8 radical (unpaired) electrons. The number of thioether (sulfide) groups is 1. The molecule has 0 aliphatic heterocycles. The van der Waals surface area contributed by atoms with E-state index in [1.807, 2.05) is 6.26 Å². The summed E-state index contributed by atoms with van der Waals surface area (Å²) in [5.41, 5.74) is 6.01. The quantitative estimate of drug-likeness (QED) is 0.595.